The first-order chi connectivity index (χ1) is 19.0. The highest BCUT2D eigenvalue weighted by Gasteiger charge is 2.39. The summed E-state index contributed by atoms with van der Waals surface area (Å²) in [5.41, 5.74) is -3.03. The molecule has 0 spiro atoms. The summed E-state index contributed by atoms with van der Waals surface area (Å²) in [6.45, 7) is 0. The molecule has 0 fully saturated rings. The molecule has 210 valence electrons. The number of carbonyl (C=O) groups excluding carboxylic acids is 6. The Bertz CT molecular complexity index is 1630. The fourth-order valence-corrected chi connectivity index (χ4v) is 4.57. The maximum atomic E-state index is 13.4. The highest BCUT2D eigenvalue weighted by Crippen LogP contribution is 2.42. The van der Waals surface area contributed by atoms with Crippen molar-refractivity contribution in [2.24, 2.45) is 0 Å². The van der Waals surface area contributed by atoms with E-state index >= 15 is 0 Å². The van der Waals surface area contributed by atoms with Gasteiger partial charge in [0.25, 0.3) is 0 Å². The number of benzene rings is 2. The molecule has 3 aromatic rings. The third kappa shape index (κ3) is 4.88. The number of methoxy groups -OCH3 is 6. The van der Waals surface area contributed by atoms with E-state index in [2.05, 4.69) is 15.9 Å². The molecule has 0 aliphatic heterocycles. The predicted molar refractivity (Wildman–Crippen MR) is 141 cm³/mol. The Kier molecular flexibility index (Phi) is 8.94. The summed E-state index contributed by atoms with van der Waals surface area (Å²) < 4.78 is 30.8. The third-order valence-corrected chi connectivity index (χ3v) is 6.31. The number of carbonyl (C=O) groups is 6. The molecule has 40 heavy (non-hydrogen) atoms. The summed E-state index contributed by atoms with van der Waals surface area (Å²) >= 11 is 3.35. The molecule has 0 amide bonds. The largest absolute Gasteiger partial charge is 0.466 e. The van der Waals surface area contributed by atoms with Gasteiger partial charge in [-0.25, -0.2) is 28.8 Å². The van der Waals surface area contributed by atoms with Gasteiger partial charge in [-0.05, 0) is 18.2 Å². The van der Waals surface area contributed by atoms with E-state index in [0.29, 0.717) is 4.47 Å². The molecule has 0 radical (unpaired) electrons. The Hall–Kier alpha value is -4.72. The van der Waals surface area contributed by atoms with Crippen molar-refractivity contribution < 1.29 is 57.2 Å². The summed E-state index contributed by atoms with van der Waals surface area (Å²) in [4.78, 5) is 78.4. The first kappa shape index (κ1) is 29.8. The van der Waals surface area contributed by atoms with E-state index in [9.17, 15) is 28.8 Å². The summed E-state index contributed by atoms with van der Waals surface area (Å²) in [5, 5.41) is 0.0763. The third-order valence-electron chi connectivity index (χ3n) is 5.82. The fourth-order valence-electron chi connectivity index (χ4n) is 4.21. The lowest BCUT2D eigenvalue weighted by Crippen LogP contribution is -2.24. The Labute approximate surface area is 234 Å². The van der Waals surface area contributed by atoms with Crippen LogP contribution < -0.4 is 0 Å². The molecule has 0 saturated carbocycles. The van der Waals surface area contributed by atoms with Crippen LogP contribution in [0.5, 0.6) is 0 Å². The van der Waals surface area contributed by atoms with Crippen LogP contribution in [0.25, 0.3) is 27.5 Å². The fraction of sp³-hybridized carbons (Fsp3) is 0.231. The van der Waals surface area contributed by atoms with Crippen molar-refractivity contribution in [1.29, 1.82) is 0 Å². The summed E-state index contributed by atoms with van der Waals surface area (Å²) in [6, 6.07) is 4.58. The predicted octanol–water partition coefficient (Wildman–Crippen LogP) is 2.89. The smallest absolute Gasteiger partial charge is 0.355 e. The number of hydrogen-bond acceptors (Lipinski definition) is 12. The number of esters is 6. The van der Waals surface area contributed by atoms with E-state index in [-0.39, 0.29) is 21.8 Å². The second-order valence-corrected chi connectivity index (χ2v) is 8.65. The highest BCUT2D eigenvalue weighted by molar-refractivity contribution is 9.10. The molecular formula is C26H22BrNO12. The Morgan fingerprint density at radius 2 is 1.18 bits per heavy atom. The van der Waals surface area contributed by atoms with E-state index in [1.54, 1.807) is 6.07 Å². The molecule has 0 bridgehead atoms. The van der Waals surface area contributed by atoms with Gasteiger partial charge in [0, 0.05) is 15.2 Å². The molecule has 0 aliphatic rings. The van der Waals surface area contributed by atoms with Gasteiger partial charge >= 0.3 is 35.8 Å². The molecular weight excluding hydrogens is 598 g/mol. The zero-order valence-corrected chi connectivity index (χ0v) is 23.6. The molecule has 0 aliphatic carbocycles. The highest BCUT2D eigenvalue weighted by atomic mass is 79.9. The molecule has 0 unspecified atom stereocenters. The van der Waals surface area contributed by atoms with Gasteiger partial charge in [-0.3, -0.25) is 0 Å². The molecule has 13 nitrogen and oxygen atoms in total. The normalized spacial score (nSPS) is 11.1. The molecule has 3 rings (SSSR count). The minimum atomic E-state index is -1.22. The number of aromatic nitrogens is 1. The molecule has 0 N–H and O–H groups in total. The lowest BCUT2D eigenvalue weighted by Gasteiger charge is -2.18. The van der Waals surface area contributed by atoms with Crippen molar-refractivity contribution in [2.45, 2.75) is 0 Å². The van der Waals surface area contributed by atoms with Gasteiger partial charge in [0.05, 0.1) is 82.0 Å². The molecule has 1 aromatic heterocycles. The minimum absolute atomic E-state index is 0.115. The molecule has 0 saturated heterocycles. The number of ether oxygens (including phenoxy) is 6. The van der Waals surface area contributed by atoms with Crippen LogP contribution >= 0.6 is 15.9 Å². The first-order valence-corrected chi connectivity index (χ1v) is 11.9. The van der Waals surface area contributed by atoms with Crippen molar-refractivity contribution in [2.75, 3.05) is 42.7 Å². The SMILES string of the molecule is COC(=O)C=C(C(=O)OC)n1c2ccc(Br)cc2c2c(C(=O)OC)c(C(=O)OC)c(C(=O)OC)c(C(=O)OC)c21. The molecule has 0 atom stereocenters. The topological polar surface area (TPSA) is 163 Å². The van der Waals surface area contributed by atoms with Crippen molar-refractivity contribution in [3.05, 3.63) is 51.0 Å². The van der Waals surface area contributed by atoms with Gasteiger partial charge < -0.3 is 33.0 Å². The maximum Gasteiger partial charge on any atom is 0.355 e. The molecule has 14 heteroatoms. The van der Waals surface area contributed by atoms with Crippen LogP contribution in [0.3, 0.4) is 0 Å². The average molecular weight is 620 g/mol. The number of hydrogen-bond donors (Lipinski definition) is 0. The maximum absolute atomic E-state index is 13.4. The van der Waals surface area contributed by atoms with Crippen LogP contribution in [0.2, 0.25) is 0 Å². The summed E-state index contributed by atoms with van der Waals surface area (Å²) in [7, 11) is 6.15. The number of halogens is 1. The Morgan fingerprint density at radius 3 is 1.68 bits per heavy atom. The Morgan fingerprint density at radius 1 is 0.675 bits per heavy atom. The van der Waals surface area contributed by atoms with Crippen molar-refractivity contribution in [3.8, 4) is 0 Å². The number of nitrogens with zero attached hydrogens (tertiary/aromatic N) is 1. The Balaban J connectivity index is 2.95. The quantitative estimate of drug-likeness (QED) is 0.216. The summed E-state index contributed by atoms with van der Waals surface area (Å²) in [5.74, 6) is -6.68. The van der Waals surface area contributed by atoms with E-state index in [1.807, 2.05) is 0 Å². The summed E-state index contributed by atoms with van der Waals surface area (Å²) in [6.07, 6.45) is 0.789. The van der Waals surface area contributed by atoms with Gasteiger partial charge in [-0.2, -0.15) is 0 Å². The monoisotopic (exact) mass is 619 g/mol. The van der Waals surface area contributed by atoms with E-state index < -0.39 is 63.8 Å². The van der Waals surface area contributed by atoms with Crippen LogP contribution in [0.1, 0.15) is 41.4 Å². The van der Waals surface area contributed by atoms with E-state index in [1.165, 1.54) is 12.1 Å². The minimum Gasteiger partial charge on any atom is -0.466 e. The van der Waals surface area contributed by atoms with Crippen LogP contribution in [0.4, 0.5) is 0 Å². The average Bonchev–Trinajstić information content (AvgIpc) is 3.29. The van der Waals surface area contributed by atoms with Crippen molar-refractivity contribution in [3.63, 3.8) is 0 Å². The van der Waals surface area contributed by atoms with Crippen molar-refractivity contribution in [1.82, 2.24) is 4.57 Å². The molecule has 1 heterocycles. The van der Waals surface area contributed by atoms with Crippen molar-refractivity contribution >= 4 is 79.2 Å². The van der Waals surface area contributed by atoms with Gasteiger partial charge in [0.15, 0.2) is 0 Å². The standard InChI is InChI=1S/C26H22BrNO12/c1-35-15(29)10-14(22(30)36-2)28-13-8-7-11(27)9-12(13)16-17(23(31)37-3)18(24(32)38-4)19(25(33)39-5)20(21(16)28)26(34)40-6/h7-10H,1-6H3. The second-order valence-electron chi connectivity index (χ2n) is 7.73. The van der Waals surface area contributed by atoms with Gasteiger partial charge in [-0.15, -0.1) is 0 Å². The van der Waals surface area contributed by atoms with Gasteiger partial charge in [-0.1, -0.05) is 15.9 Å². The molecule has 2 aromatic carbocycles. The van der Waals surface area contributed by atoms with E-state index in [4.69, 9.17) is 28.4 Å². The first-order valence-electron chi connectivity index (χ1n) is 11.1. The lowest BCUT2D eigenvalue weighted by molar-refractivity contribution is -0.137. The van der Waals surface area contributed by atoms with Gasteiger partial charge in [0.2, 0.25) is 0 Å². The van der Waals surface area contributed by atoms with Gasteiger partial charge in [0.1, 0.15) is 5.70 Å². The number of fused-ring (bicyclic) bond motifs is 3. The van der Waals surface area contributed by atoms with Crippen LogP contribution in [0.15, 0.2) is 28.7 Å². The lowest BCUT2D eigenvalue weighted by atomic mass is 9.90. The number of rotatable bonds is 7. The van der Waals surface area contributed by atoms with Crippen LogP contribution in [0, 0.1) is 0 Å². The van der Waals surface area contributed by atoms with Crippen LogP contribution in [-0.2, 0) is 38.0 Å². The van der Waals surface area contributed by atoms with Crippen LogP contribution in [-0.4, -0.2) is 83.0 Å². The van der Waals surface area contributed by atoms with E-state index in [0.717, 1.165) is 53.3 Å². The zero-order chi connectivity index (χ0) is 29.9. The zero-order valence-electron chi connectivity index (χ0n) is 22.0. The second kappa shape index (κ2) is 12.0.